The van der Waals surface area contributed by atoms with Gasteiger partial charge in [0.25, 0.3) is 7.82 Å². The molecule has 0 spiro atoms. The monoisotopic (exact) mass is 642 g/mol. The smallest absolute Gasteiger partial charge is 0.268 e. The van der Waals surface area contributed by atoms with Crippen molar-refractivity contribution in [2.75, 3.05) is 40.9 Å². The van der Waals surface area contributed by atoms with Crippen LogP contribution in [-0.4, -0.2) is 68.5 Å². The van der Waals surface area contributed by atoms with E-state index in [1.54, 1.807) is 6.08 Å². The van der Waals surface area contributed by atoms with Crippen molar-refractivity contribution in [3.05, 3.63) is 36.5 Å². The number of nitrogens with zero attached hydrogens (tertiary/aromatic N) is 1. The van der Waals surface area contributed by atoms with Gasteiger partial charge < -0.3 is 28.8 Å². The normalized spacial score (nSPS) is 15.3. The molecule has 0 aliphatic rings. The number of carbonyl (C=O) groups excluding carboxylic acids is 1. The minimum Gasteiger partial charge on any atom is -0.756 e. The lowest BCUT2D eigenvalue weighted by Gasteiger charge is -2.29. The van der Waals surface area contributed by atoms with Crippen LogP contribution in [0.3, 0.4) is 0 Å². The first-order valence-corrected chi connectivity index (χ1v) is 18.8. The molecule has 8 nitrogen and oxygen atoms in total. The molecule has 1 amide bonds. The van der Waals surface area contributed by atoms with Crippen LogP contribution in [0.25, 0.3) is 0 Å². The zero-order valence-electron chi connectivity index (χ0n) is 28.9. The molecule has 3 unspecified atom stereocenters. The van der Waals surface area contributed by atoms with E-state index in [1.165, 1.54) is 44.9 Å². The molecule has 3 atom stereocenters. The van der Waals surface area contributed by atoms with Crippen LogP contribution in [0.15, 0.2) is 36.5 Å². The van der Waals surface area contributed by atoms with Gasteiger partial charge in [-0.2, -0.15) is 0 Å². The van der Waals surface area contributed by atoms with E-state index in [1.807, 2.05) is 27.2 Å². The number of aliphatic hydroxyl groups is 1. The maximum absolute atomic E-state index is 12.7. The number of quaternary nitrogens is 1. The predicted octanol–water partition coefficient (Wildman–Crippen LogP) is 7.77. The SMILES string of the molecule is CCCC/C=C\CCCCCCCC(=O)NC(COP(=O)([O-])OCC[N+](C)(C)C)C(O)/C=C/CC/C=C/CCCCCCC. The molecule has 0 bridgehead atoms. The summed E-state index contributed by atoms with van der Waals surface area (Å²) in [6.07, 6.45) is 30.5. The zero-order valence-corrected chi connectivity index (χ0v) is 29.7. The number of amides is 1. The second-order valence-corrected chi connectivity index (χ2v) is 14.3. The third-order valence-corrected chi connectivity index (χ3v) is 8.29. The van der Waals surface area contributed by atoms with Crippen LogP contribution in [0.1, 0.15) is 129 Å². The molecule has 0 radical (unpaired) electrons. The Morgan fingerprint density at radius 2 is 1.30 bits per heavy atom. The van der Waals surface area contributed by atoms with E-state index in [0.29, 0.717) is 17.4 Å². The molecule has 0 aromatic heterocycles. The second kappa shape index (κ2) is 28.0. The topological polar surface area (TPSA) is 108 Å². The standard InChI is InChI=1S/C35H67N2O6P/c1-6-8-10-12-14-16-18-20-22-24-26-28-34(38)33(32-43-44(40,41)42-31-30-37(3,4)5)36-35(39)29-27-25-23-21-19-17-15-13-11-9-7-2/h13,15,18,20,26,28,33-34,38H,6-12,14,16-17,19,21-25,27,29-32H2,1-5H3,(H-,36,39,40,41)/b15-13-,20-18+,28-26+. The van der Waals surface area contributed by atoms with E-state index in [4.69, 9.17) is 9.05 Å². The Hall–Kier alpha value is -1.28. The predicted molar refractivity (Wildman–Crippen MR) is 182 cm³/mol. The Morgan fingerprint density at radius 1 is 0.773 bits per heavy atom. The Morgan fingerprint density at radius 3 is 1.91 bits per heavy atom. The number of aliphatic hydroxyl groups excluding tert-OH is 1. The number of rotatable bonds is 30. The Balaban J connectivity index is 4.69. The van der Waals surface area contributed by atoms with Crippen LogP contribution < -0.4 is 10.2 Å². The minimum absolute atomic E-state index is 0.00877. The molecule has 0 heterocycles. The van der Waals surface area contributed by atoms with Crippen molar-refractivity contribution in [1.29, 1.82) is 0 Å². The zero-order chi connectivity index (χ0) is 32.9. The second-order valence-electron chi connectivity index (χ2n) is 12.9. The molecule has 44 heavy (non-hydrogen) atoms. The number of hydrogen-bond acceptors (Lipinski definition) is 6. The van der Waals surface area contributed by atoms with Gasteiger partial charge in [-0.3, -0.25) is 9.36 Å². The number of allylic oxidation sites excluding steroid dienone is 5. The average Bonchev–Trinajstić information content (AvgIpc) is 2.95. The molecule has 0 aliphatic carbocycles. The third kappa shape index (κ3) is 29.4. The van der Waals surface area contributed by atoms with E-state index >= 15 is 0 Å². The number of unbranched alkanes of at least 4 members (excludes halogenated alkanes) is 13. The van der Waals surface area contributed by atoms with Crippen LogP contribution in [0.2, 0.25) is 0 Å². The summed E-state index contributed by atoms with van der Waals surface area (Å²) >= 11 is 0. The summed E-state index contributed by atoms with van der Waals surface area (Å²) in [5.74, 6) is -0.224. The minimum atomic E-state index is -4.58. The maximum atomic E-state index is 12.7. The Bertz CT molecular complexity index is 825. The summed E-state index contributed by atoms with van der Waals surface area (Å²) in [5.41, 5.74) is 0. The number of likely N-dealkylation sites (N-methyl/N-ethyl adjacent to an activating group) is 1. The molecule has 2 N–H and O–H groups in total. The lowest BCUT2D eigenvalue weighted by Crippen LogP contribution is -2.45. The highest BCUT2D eigenvalue weighted by Crippen LogP contribution is 2.38. The van der Waals surface area contributed by atoms with Gasteiger partial charge in [0, 0.05) is 6.42 Å². The van der Waals surface area contributed by atoms with Gasteiger partial charge in [-0.25, -0.2) is 0 Å². The van der Waals surface area contributed by atoms with Crippen LogP contribution in [0.5, 0.6) is 0 Å². The van der Waals surface area contributed by atoms with Crippen LogP contribution >= 0.6 is 7.82 Å². The summed E-state index contributed by atoms with van der Waals surface area (Å²) in [6, 6.07) is -0.902. The summed E-state index contributed by atoms with van der Waals surface area (Å²) in [6.45, 7) is 4.51. The highest BCUT2D eigenvalue weighted by molar-refractivity contribution is 7.45. The molecule has 0 rings (SSSR count). The first-order valence-electron chi connectivity index (χ1n) is 17.4. The number of hydrogen-bond donors (Lipinski definition) is 2. The van der Waals surface area contributed by atoms with Crippen LogP contribution in [-0.2, 0) is 18.4 Å². The molecular formula is C35H67N2O6P. The summed E-state index contributed by atoms with van der Waals surface area (Å²) in [5, 5.41) is 13.6. The van der Waals surface area contributed by atoms with Gasteiger partial charge in [-0.15, -0.1) is 0 Å². The van der Waals surface area contributed by atoms with Crippen molar-refractivity contribution >= 4 is 13.7 Å². The largest absolute Gasteiger partial charge is 0.756 e. The average molecular weight is 643 g/mol. The van der Waals surface area contributed by atoms with Crippen molar-refractivity contribution in [1.82, 2.24) is 5.32 Å². The van der Waals surface area contributed by atoms with Gasteiger partial charge in [0.15, 0.2) is 0 Å². The molecule has 0 aromatic carbocycles. The van der Waals surface area contributed by atoms with Crippen molar-refractivity contribution in [3.63, 3.8) is 0 Å². The van der Waals surface area contributed by atoms with E-state index in [9.17, 15) is 19.4 Å². The first kappa shape index (κ1) is 42.7. The third-order valence-electron chi connectivity index (χ3n) is 7.32. The van der Waals surface area contributed by atoms with Gasteiger partial charge >= 0.3 is 0 Å². The summed E-state index contributed by atoms with van der Waals surface area (Å²) in [7, 11) is 1.23. The summed E-state index contributed by atoms with van der Waals surface area (Å²) < 4.78 is 23.0. The van der Waals surface area contributed by atoms with Crippen molar-refractivity contribution in [2.24, 2.45) is 0 Å². The molecule has 0 aliphatic heterocycles. The number of nitrogens with one attached hydrogen (secondary N) is 1. The maximum Gasteiger partial charge on any atom is 0.268 e. The van der Waals surface area contributed by atoms with E-state index in [0.717, 1.165) is 64.2 Å². The first-order chi connectivity index (χ1) is 21.0. The quantitative estimate of drug-likeness (QED) is 0.0359. The lowest BCUT2D eigenvalue weighted by atomic mass is 10.1. The highest BCUT2D eigenvalue weighted by Gasteiger charge is 2.23. The van der Waals surface area contributed by atoms with Crippen molar-refractivity contribution in [3.8, 4) is 0 Å². The number of phosphoric ester groups is 1. The molecular weight excluding hydrogens is 575 g/mol. The fourth-order valence-corrected chi connectivity index (χ4v) is 5.16. The van der Waals surface area contributed by atoms with Gasteiger partial charge in [0.05, 0.1) is 39.9 Å². The van der Waals surface area contributed by atoms with Crippen LogP contribution in [0.4, 0.5) is 0 Å². The fourth-order valence-electron chi connectivity index (χ4n) is 4.44. The molecule has 0 aromatic rings. The molecule has 0 saturated carbocycles. The fraction of sp³-hybridized carbons (Fsp3) is 0.800. The molecule has 9 heteroatoms. The van der Waals surface area contributed by atoms with Crippen LogP contribution in [0, 0.1) is 0 Å². The van der Waals surface area contributed by atoms with Gasteiger partial charge in [0.1, 0.15) is 13.2 Å². The molecule has 0 saturated heterocycles. The Kier molecular flexibility index (Phi) is 27.2. The van der Waals surface area contributed by atoms with E-state index in [2.05, 4.69) is 43.5 Å². The highest BCUT2D eigenvalue weighted by atomic mass is 31.2. The van der Waals surface area contributed by atoms with E-state index in [-0.39, 0.29) is 12.5 Å². The van der Waals surface area contributed by atoms with Gasteiger partial charge in [-0.1, -0.05) is 108 Å². The lowest BCUT2D eigenvalue weighted by molar-refractivity contribution is -0.870. The van der Waals surface area contributed by atoms with Gasteiger partial charge in [0.2, 0.25) is 5.91 Å². The molecule has 0 fully saturated rings. The summed E-state index contributed by atoms with van der Waals surface area (Å²) in [4.78, 5) is 25.0. The van der Waals surface area contributed by atoms with Crippen molar-refractivity contribution in [2.45, 2.75) is 142 Å². The van der Waals surface area contributed by atoms with Crippen molar-refractivity contribution < 1.29 is 32.9 Å². The number of phosphoric acid groups is 1. The molecule has 258 valence electrons. The van der Waals surface area contributed by atoms with Gasteiger partial charge in [-0.05, 0) is 51.4 Å². The van der Waals surface area contributed by atoms with E-state index < -0.39 is 26.6 Å². The Labute approximate surface area is 270 Å². The number of carbonyl (C=O) groups is 1.